The summed E-state index contributed by atoms with van der Waals surface area (Å²) in [7, 11) is 0. The van der Waals surface area contributed by atoms with E-state index >= 15 is 0 Å². The first kappa shape index (κ1) is 9.33. The van der Waals surface area contributed by atoms with Crippen LogP contribution in [-0.4, -0.2) is 9.97 Å². The fraction of sp³-hybridized carbons (Fsp3) is 0.125. The predicted molar refractivity (Wildman–Crippen MR) is 46.1 cm³/mol. The minimum Gasteiger partial charge on any atom is -0.348 e. The molecule has 0 saturated heterocycles. The van der Waals surface area contributed by atoms with Crippen molar-refractivity contribution in [3.05, 3.63) is 29.0 Å². The maximum absolute atomic E-state index is 12.3. The van der Waals surface area contributed by atoms with Gasteiger partial charge in [-0.3, -0.25) is 4.98 Å². The second-order valence-electron chi connectivity index (χ2n) is 2.73. The SMILES string of the molecule is FC(F)(F)c1cc2nccc(Cl)c2[nH]1. The van der Waals surface area contributed by atoms with Crippen molar-refractivity contribution in [3.8, 4) is 0 Å². The molecule has 0 saturated carbocycles. The van der Waals surface area contributed by atoms with Gasteiger partial charge < -0.3 is 4.98 Å². The van der Waals surface area contributed by atoms with Gasteiger partial charge in [0, 0.05) is 6.20 Å². The number of aromatic nitrogens is 2. The smallest absolute Gasteiger partial charge is 0.348 e. The molecule has 0 bridgehead atoms. The van der Waals surface area contributed by atoms with E-state index in [0.29, 0.717) is 0 Å². The van der Waals surface area contributed by atoms with Gasteiger partial charge in [-0.15, -0.1) is 0 Å². The molecule has 0 atom stereocenters. The Morgan fingerprint density at radius 1 is 1.36 bits per heavy atom. The predicted octanol–water partition coefficient (Wildman–Crippen LogP) is 3.24. The number of pyridine rings is 1. The van der Waals surface area contributed by atoms with Crippen LogP contribution in [0.25, 0.3) is 11.0 Å². The molecule has 0 unspecified atom stereocenters. The van der Waals surface area contributed by atoms with Gasteiger partial charge in [-0.25, -0.2) is 0 Å². The molecule has 6 heteroatoms. The highest BCUT2D eigenvalue weighted by molar-refractivity contribution is 6.34. The van der Waals surface area contributed by atoms with Crippen LogP contribution in [-0.2, 0) is 6.18 Å². The number of hydrogen-bond acceptors (Lipinski definition) is 1. The van der Waals surface area contributed by atoms with E-state index in [2.05, 4.69) is 9.97 Å². The van der Waals surface area contributed by atoms with Gasteiger partial charge in [0.15, 0.2) is 0 Å². The van der Waals surface area contributed by atoms with Crippen molar-refractivity contribution < 1.29 is 13.2 Å². The Labute approximate surface area is 81.7 Å². The summed E-state index contributed by atoms with van der Waals surface area (Å²) in [6, 6.07) is 2.36. The molecule has 0 aliphatic carbocycles. The molecule has 0 spiro atoms. The van der Waals surface area contributed by atoms with Gasteiger partial charge in [-0.05, 0) is 12.1 Å². The molecule has 0 aliphatic heterocycles. The number of fused-ring (bicyclic) bond motifs is 1. The summed E-state index contributed by atoms with van der Waals surface area (Å²) in [6.07, 6.45) is -3.04. The second kappa shape index (κ2) is 2.88. The third-order valence-electron chi connectivity index (χ3n) is 1.78. The minimum absolute atomic E-state index is 0.210. The molecule has 74 valence electrons. The Balaban J connectivity index is 2.69. The van der Waals surface area contributed by atoms with Gasteiger partial charge in [0.2, 0.25) is 0 Å². The standard InChI is InChI=1S/C8H4ClF3N2/c9-4-1-2-13-5-3-6(8(10,11)12)14-7(4)5/h1-3,14H. The Bertz CT molecular complexity index is 475. The Morgan fingerprint density at radius 2 is 2.07 bits per heavy atom. The molecule has 2 nitrogen and oxygen atoms in total. The van der Waals surface area contributed by atoms with E-state index in [1.807, 2.05) is 0 Å². The van der Waals surface area contributed by atoms with Gasteiger partial charge in [0.25, 0.3) is 0 Å². The van der Waals surface area contributed by atoms with Gasteiger partial charge >= 0.3 is 6.18 Å². The normalized spacial score (nSPS) is 12.3. The van der Waals surface area contributed by atoms with Crippen LogP contribution in [0.15, 0.2) is 18.3 Å². The lowest BCUT2D eigenvalue weighted by Gasteiger charge is -2.00. The average Bonchev–Trinajstić information content (AvgIpc) is 2.48. The molecule has 1 N–H and O–H groups in total. The van der Waals surface area contributed by atoms with Crippen molar-refractivity contribution in [3.63, 3.8) is 0 Å². The van der Waals surface area contributed by atoms with Gasteiger partial charge in [-0.2, -0.15) is 13.2 Å². The molecule has 2 aromatic rings. The maximum atomic E-state index is 12.3. The average molecular weight is 221 g/mol. The minimum atomic E-state index is -4.40. The molecule has 0 radical (unpaired) electrons. The Morgan fingerprint density at radius 3 is 2.64 bits per heavy atom. The van der Waals surface area contributed by atoms with Gasteiger partial charge in [0.05, 0.1) is 16.1 Å². The summed E-state index contributed by atoms with van der Waals surface area (Å²) in [5.41, 5.74) is -0.417. The highest BCUT2D eigenvalue weighted by atomic mass is 35.5. The summed E-state index contributed by atoms with van der Waals surface area (Å²) in [5, 5.41) is 0.227. The summed E-state index contributed by atoms with van der Waals surface area (Å²) >= 11 is 5.68. The number of nitrogens with one attached hydrogen (secondary N) is 1. The first-order valence-electron chi connectivity index (χ1n) is 3.69. The molecule has 2 aromatic heterocycles. The fourth-order valence-corrected chi connectivity index (χ4v) is 1.35. The van der Waals surface area contributed by atoms with Crippen LogP contribution in [0.5, 0.6) is 0 Å². The lowest BCUT2D eigenvalue weighted by atomic mass is 10.3. The van der Waals surface area contributed by atoms with E-state index in [1.54, 1.807) is 0 Å². The molecule has 2 rings (SSSR count). The fourth-order valence-electron chi connectivity index (χ4n) is 1.15. The van der Waals surface area contributed by atoms with Crippen LogP contribution in [0.2, 0.25) is 5.02 Å². The number of halogens is 4. The number of aromatic amines is 1. The molecule has 0 fully saturated rings. The van der Waals surface area contributed by atoms with Crippen LogP contribution in [0.1, 0.15) is 5.69 Å². The largest absolute Gasteiger partial charge is 0.431 e. The van der Waals surface area contributed by atoms with Crippen LogP contribution in [0.3, 0.4) is 0 Å². The number of hydrogen-bond donors (Lipinski definition) is 1. The topological polar surface area (TPSA) is 28.7 Å². The summed E-state index contributed by atoms with van der Waals surface area (Å²) in [6.45, 7) is 0. The molecule has 0 aliphatic rings. The number of rotatable bonds is 0. The zero-order valence-corrected chi connectivity index (χ0v) is 7.45. The molecule has 14 heavy (non-hydrogen) atoms. The molecule has 0 aromatic carbocycles. The van der Waals surface area contributed by atoms with E-state index in [-0.39, 0.29) is 16.1 Å². The Hall–Kier alpha value is -1.23. The van der Waals surface area contributed by atoms with Crippen molar-refractivity contribution in [1.29, 1.82) is 0 Å². The number of alkyl halides is 3. The van der Waals surface area contributed by atoms with Gasteiger partial charge in [-0.1, -0.05) is 11.6 Å². The Kier molecular flexibility index (Phi) is 1.92. The van der Waals surface area contributed by atoms with E-state index in [9.17, 15) is 13.2 Å². The third-order valence-corrected chi connectivity index (χ3v) is 2.09. The van der Waals surface area contributed by atoms with E-state index in [4.69, 9.17) is 11.6 Å². The van der Waals surface area contributed by atoms with Crippen LogP contribution in [0.4, 0.5) is 13.2 Å². The van der Waals surface area contributed by atoms with Crippen LogP contribution < -0.4 is 0 Å². The highest BCUT2D eigenvalue weighted by Crippen LogP contribution is 2.32. The number of H-pyrrole nitrogens is 1. The molecular formula is C8H4ClF3N2. The second-order valence-corrected chi connectivity index (χ2v) is 3.14. The van der Waals surface area contributed by atoms with Crippen molar-refractivity contribution in [1.82, 2.24) is 9.97 Å². The van der Waals surface area contributed by atoms with Crippen molar-refractivity contribution in [2.45, 2.75) is 6.18 Å². The lowest BCUT2D eigenvalue weighted by molar-refractivity contribution is -0.140. The number of nitrogens with zero attached hydrogens (tertiary/aromatic N) is 1. The first-order chi connectivity index (χ1) is 6.48. The molecule has 2 heterocycles. The van der Waals surface area contributed by atoms with Crippen molar-refractivity contribution in [2.24, 2.45) is 0 Å². The van der Waals surface area contributed by atoms with Gasteiger partial charge in [0.1, 0.15) is 5.69 Å². The van der Waals surface area contributed by atoms with Crippen LogP contribution >= 0.6 is 11.6 Å². The monoisotopic (exact) mass is 220 g/mol. The quantitative estimate of drug-likeness (QED) is 0.726. The zero-order chi connectivity index (χ0) is 10.3. The maximum Gasteiger partial charge on any atom is 0.431 e. The van der Waals surface area contributed by atoms with E-state index < -0.39 is 11.9 Å². The van der Waals surface area contributed by atoms with Crippen molar-refractivity contribution in [2.75, 3.05) is 0 Å². The molecular weight excluding hydrogens is 217 g/mol. The zero-order valence-electron chi connectivity index (χ0n) is 6.69. The third kappa shape index (κ3) is 1.43. The van der Waals surface area contributed by atoms with E-state index in [1.165, 1.54) is 12.3 Å². The summed E-state index contributed by atoms with van der Waals surface area (Å²) in [5.74, 6) is 0. The molecule has 0 amide bonds. The van der Waals surface area contributed by atoms with Crippen molar-refractivity contribution >= 4 is 22.6 Å². The van der Waals surface area contributed by atoms with Crippen LogP contribution in [0, 0.1) is 0 Å². The lowest BCUT2D eigenvalue weighted by Crippen LogP contribution is -2.04. The first-order valence-corrected chi connectivity index (χ1v) is 4.07. The summed E-state index contributed by atoms with van der Waals surface area (Å²) in [4.78, 5) is 5.94. The summed E-state index contributed by atoms with van der Waals surface area (Å²) < 4.78 is 36.8. The van der Waals surface area contributed by atoms with E-state index in [0.717, 1.165) is 6.07 Å². The highest BCUT2D eigenvalue weighted by Gasteiger charge is 2.32.